The highest BCUT2D eigenvalue weighted by molar-refractivity contribution is 7.92. The van der Waals surface area contributed by atoms with Gasteiger partial charge in [0.1, 0.15) is 23.8 Å². The van der Waals surface area contributed by atoms with Crippen LogP contribution in [0.1, 0.15) is 30.0 Å². The van der Waals surface area contributed by atoms with Crippen LogP contribution in [0, 0.1) is 0 Å². The van der Waals surface area contributed by atoms with Crippen molar-refractivity contribution in [1.29, 1.82) is 0 Å². The molecule has 0 aliphatic carbocycles. The van der Waals surface area contributed by atoms with Gasteiger partial charge < -0.3 is 19.2 Å². The Morgan fingerprint density at radius 2 is 1.61 bits per heavy atom. The fourth-order valence-electron chi connectivity index (χ4n) is 4.00. The summed E-state index contributed by atoms with van der Waals surface area (Å²) < 4.78 is 44.1. The lowest BCUT2D eigenvalue weighted by Crippen LogP contribution is -2.39. The Balaban J connectivity index is 1.47. The molecule has 2 N–H and O–H groups in total. The first-order valence-electron chi connectivity index (χ1n) is 13.3. The molecule has 0 unspecified atom stereocenters. The van der Waals surface area contributed by atoms with Crippen molar-refractivity contribution < 1.29 is 36.7 Å². The van der Waals surface area contributed by atoms with E-state index in [1.165, 1.54) is 56.6 Å². The zero-order valence-electron chi connectivity index (χ0n) is 24.1. The number of rotatable bonds is 12. The van der Waals surface area contributed by atoms with Crippen molar-refractivity contribution in [3.8, 4) is 17.1 Å². The number of methoxy groups -OCH3 is 1. The molecule has 0 atom stereocenters. The molecule has 0 saturated carbocycles. The van der Waals surface area contributed by atoms with Gasteiger partial charge in [0.2, 0.25) is 5.91 Å². The highest BCUT2D eigenvalue weighted by Crippen LogP contribution is 2.27. The van der Waals surface area contributed by atoms with Crippen LogP contribution in [0.4, 0.5) is 11.4 Å². The molecule has 13 heteroatoms. The smallest absolute Gasteiger partial charge is 0.338 e. The zero-order chi connectivity index (χ0) is 31.7. The quantitative estimate of drug-likeness (QED) is 0.134. The van der Waals surface area contributed by atoms with E-state index in [1.807, 2.05) is 0 Å². The van der Waals surface area contributed by atoms with E-state index in [-0.39, 0.29) is 23.1 Å². The van der Waals surface area contributed by atoms with E-state index >= 15 is 0 Å². The maximum Gasteiger partial charge on any atom is 0.338 e. The van der Waals surface area contributed by atoms with E-state index in [4.69, 9.17) is 13.9 Å². The summed E-state index contributed by atoms with van der Waals surface area (Å²) in [5.74, 6) is -0.0824. The number of ether oxygens (including phenoxy) is 2. The summed E-state index contributed by atoms with van der Waals surface area (Å²) in [4.78, 5) is 36.0. The summed E-state index contributed by atoms with van der Waals surface area (Å²) in [5, 5.41) is 6.49. The molecule has 0 aliphatic heterocycles. The summed E-state index contributed by atoms with van der Waals surface area (Å²) in [6.45, 7) is 2.77. The minimum absolute atomic E-state index is 0.0860. The summed E-state index contributed by atoms with van der Waals surface area (Å²) in [7, 11) is -2.73. The van der Waals surface area contributed by atoms with E-state index < -0.39 is 28.4 Å². The molecule has 0 saturated heterocycles. The summed E-state index contributed by atoms with van der Waals surface area (Å²) in [6, 6.07) is 21.8. The number of nitrogens with one attached hydrogen (secondary N) is 2. The van der Waals surface area contributed by atoms with E-state index in [1.54, 1.807) is 55.5 Å². The highest BCUT2D eigenvalue weighted by atomic mass is 32.2. The van der Waals surface area contributed by atoms with Crippen molar-refractivity contribution >= 4 is 45.4 Å². The van der Waals surface area contributed by atoms with E-state index in [0.717, 1.165) is 4.31 Å². The van der Waals surface area contributed by atoms with Crippen LogP contribution in [-0.2, 0) is 24.3 Å². The lowest BCUT2D eigenvalue weighted by molar-refractivity contribution is -0.119. The van der Waals surface area contributed by atoms with Crippen LogP contribution in [-0.4, -0.2) is 52.7 Å². The molecule has 4 aromatic rings. The van der Waals surface area contributed by atoms with Gasteiger partial charge in [-0.2, -0.15) is 5.10 Å². The summed E-state index contributed by atoms with van der Waals surface area (Å²) >= 11 is 0. The van der Waals surface area contributed by atoms with Crippen molar-refractivity contribution in [2.24, 2.45) is 5.10 Å². The van der Waals surface area contributed by atoms with Crippen LogP contribution in [0.2, 0.25) is 0 Å². The largest absolute Gasteiger partial charge is 0.497 e. The van der Waals surface area contributed by atoms with Gasteiger partial charge in [0, 0.05) is 18.2 Å². The summed E-state index contributed by atoms with van der Waals surface area (Å²) in [6.07, 6.45) is 1.28. The third-order valence-corrected chi connectivity index (χ3v) is 7.89. The Kier molecular flexibility index (Phi) is 10.1. The van der Waals surface area contributed by atoms with Gasteiger partial charge in [-0.05, 0) is 79.7 Å². The molecule has 4 rings (SSSR count). The molecule has 0 aliphatic rings. The predicted octanol–water partition coefficient (Wildman–Crippen LogP) is 4.44. The van der Waals surface area contributed by atoms with Crippen molar-refractivity contribution in [2.75, 3.05) is 29.9 Å². The second kappa shape index (κ2) is 14.2. The van der Waals surface area contributed by atoms with Crippen LogP contribution >= 0.6 is 0 Å². The number of sulfonamides is 1. The molecule has 228 valence electrons. The molecule has 1 aromatic heterocycles. The van der Waals surface area contributed by atoms with Crippen LogP contribution in [0.3, 0.4) is 0 Å². The van der Waals surface area contributed by atoms with E-state index in [9.17, 15) is 22.8 Å². The SMILES string of the molecule is CCOC(=O)c1ccc(-c2ccc(/C=N/NC(=O)CN(c3ccc(OC)cc3)S(=O)(=O)c3ccc(NC(C)=O)cc3)o2)cc1. The minimum Gasteiger partial charge on any atom is -0.497 e. The number of amides is 2. The van der Waals surface area contributed by atoms with Gasteiger partial charge in [0.25, 0.3) is 15.9 Å². The lowest BCUT2D eigenvalue weighted by Gasteiger charge is -2.24. The number of esters is 1. The number of nitrogens with zero attached hydrogens (tertiary/aromatic N) is 2. The summed E-state index contributed by atoms with van der Waals surface area (Å²) in [5.41, 5.74) is 4.11. The number of hydrogen-bond acceptors (Lipinski definition) is 9. The standard InChI is InChI=1S/C31H30N4O8S/c1-4-42-31(38)23-7-5-22(6-8-23)29-18-15-27(43-29)19-32-34-30(37)20-35(25-11-13-26(41-3)14-12-25)44(39,40)28-16-9-24(10-17-28)33-21(2)36/h5-19H,4,20H2,1-3H3,(H,33,36)(H,34,37)/b32-19+. The van der Waals surface area contributed by atoms with Crippen molar-refractivity contribution in [2.45, 2.75) is 18.7 Å². The van der Waals surface area contributed by atoms with E-state index in [0.29, 0.717) is 34.1 Å². The first-order chi connectivity index (χ1) is 21.1. The molecule has 0 fully saturated rings. The lowest BCUT2D eigenvalue weighted by atomic mass is 10.1. The molecular formula is C31H30N4O8S. The second-order valence-corrected chi connectivity index (χ2v) is 11.1. The van der Waals surface area contributed by atoms with Crippen molar-refractivity contribution in [3.05, 3.63) is 96.3 Å². The number of carbonyl (C=O) groups excluding carboxylic acids is 3. The molecule has 2 amide bonds. The molecule has 0 bridgehead atoms. The zero-order valence-corrected chi connectivity index (χ0v) is 25.0. The molecule has 12 nitrogen and oxygen atoms in total. The third-order valence-electron chi connectivity index (χ3n) is 6.10. The first kappa shape index (κ1) is 31.5. The monoisotopic (exact) mass is 618 g/mol. The maximum absolute atomic E-state index is 13.6. The number of furan rings is 1. The van der Waals surface area contributed by atoms with Crippen molar-refractivity contribution in [1.82, 2.24) is 5.43 Å². The Bertz CT molecular complexity index is 1750. The fraction of sp³-hybridized carbons (Fsp3) is 0.161. The maximum atomic E-state index is 13.6. The minimum atomic E-state index is -4.21. The average Bonchev–Trinajstić information content (AvgIpc) is 3.49. The Hall–Kier alpha value is -5.43. The normalized spacial score (nSPS) is 11.2. The number of anilines is 2. The molecule has 44 heavy (non-hydrogen) atoms. The first-order valence-corrected chi connectivity index (χ1v) is 14.8. The average molecular weight is 619 g/mol. The second-order valence-electron chi connectivity index (χ2n) is 9.21. The van der Waals surface area contributed by atoms with Gasteiger partial charge in [-0.15, -0.1) is 0 Å². The van der Waals surface area contributed by atoms with Gasteiger partial charge >= 0.3 is 5.97 Å². The van der Waals surface area contributed by atoms with E-state index in [2.05, 4.69) is 15.8 Å². The van der Waals surface area contributed by atoms with Crippen LogP contribution in [0.15, 0.2) is 99.3 Å². The number of carbonyl (C=O) groups is 3. The Morgan fingerprint density at radius 1 is 0.932 bits per heavy atom. The Morgan fingerprint density at radius 3 is 2.23 bits per heavy atom. The van der Waals surface area contributed by atoms with Gasteiger partial charge in [0.05, 0.1) is 36.1 Å². The topological polar surface area (TPSA) is 157 Å². The Labute approximate surface area is 254 Å². The highest BCUT2D eigenvalue weighted by Gasteiger charge is 2.27. The van der Waals surface area contributed by atoms with Gasteiger partial charge in [-0.25, -0.2) is 18.6 Å². The number of benzene rings is 3. The third kappa shape index (κ3) is 7.89. The molecular weight excluding hydrogens is 588 g/mol. The number of hydrogen-bond donors (Lipinski definition) is 2. The molecule has 0 radical (unpaired) electrons. The molecule has 0 spiro atoms. The fourth-order valence-corrected chi connectivity index (χ4v) is 5.42. The van der Waals surface area contributed by atoms with Gasteiger partial charge in [-0.3, -0.25) is 13.9 Å². The van der Waals surface area contributed by atoms with Crippen LogP contribution in [0.25, 0.3) is 11.3 Å². The molecule has 3 aromatic carbocycles. The predicted molar refractivity (Wildman–Crippen MR) is 164 cm³/mol. The van der Waals surface area contributed by atoms with Crippen LogP contribution < -0.4 is 19.8 Å². The van der Waals surface area contributed by atoms with Gasteiger partial charge in [-0.1, -0.05) is 12.1 Å². The van der Waals surface area contributed by atoms with Gasteiger partial charge in [0.15, 0.2) is 0 Å². The molecule has 1 heterocycles. The number of hydrazone groups is 1. The van der Waals surface area contributed by atoms with Crippen molar-refractivity contribution in [3.63, 3.8) is 0 Å². The van der Waals surface area contributed by atoms with Crippen LogP contribution in [0.5, 0.6) is 5.75 Å².